The largest absolute Gasteiger partial charge is 0.299 e. The molecular weight excluding hydrogens is 186 g/mol. The molecule has 0 amide bonds. The first-order valence-electron chi connectivity index (χ1n) is 3.59. The highest BCUT2D eigenvalue weighted by atomic mass is 35.5. The first-order valence-corrected chi connectivity index (χ1v) is 3.97. The van der Waals surface area contributed by atoms with Crippen LogP contribution >= 0.6 is 11.6 Å². The van der Waals surface area contributed by atoms with E-state index in [1.807, 2.05) is 6.07 Å². The second-order valence-electron chi connectivity index (χ2n) is 2.34. The van der Waals surface area contributed by atoms with Crippen LogP contribution in [0.15, 0.2) is 24.3 Å². The van der Waals surface area contributed by atoms with Gasteiger partial charge in [-0.3, -0.25) is 4.79 Å². The molecule has 64 valence electrons. The first-order chi connectivity index (χ1) is 6.27. The second-order valence-corrected chi connectivity index (χ2v) is 2.78. The highest BCUT2D eigenvalue weighted by Crippen LogP contribution is 2.16. The Morgan fingerprint density at radius 1 is 1.46 bits per heavy atom. The van der Waals surface area contributed by atoms with Crippen molar-refractivity contribution < 1.29 is 4.79 Å². The van der Waals surface area contributed by atoms with Gasteiger partial charge in [-0.1, -0.05) is 17.7 Å². The summed E-state index contributed by atoms with van der Waals surface area (Å²) in [7, 11) is 0. The molecule has 0 unspecified atom stereocenters. The monoisotopic (exact) mass is 191 g/mol. The average Bonchev–Trinajstić information content (AvgIpc) is 2.15. The van der Waals surface area contributed by atoms with E-state index >= 15 is 0 Å². The van der Waals surface area contributed by atoms with Crippen LogP contribution in [0.5, 0.6) is 0 Å². The number of allylic oxidation sites excluding steroid dienone is 1. The molecule has 0 aliphatic carbocycles. The zero-order chi connectivity index (χ0) is 9.68. The van der Waals surface area contributed by atoms with Crippen molar-refractivity contribution in [3.8, 4) is 6.07 Å². The molecule has 0 saturated heterocycles. The summed E-state index contributed by atoms with van der Waals surface area (Å²) in [6.45, 7) is 0. The van der Waals surface area contributed by atoms with Crippen molar-refractivity contribution in [1.29, 1.82) is 5.26 Å². The third-order valence-electron chi connectivity index (χ3n) is 1.49. The Hall–Kier alpha value is -1.59. The van der Waals surface area contributed by atoms with Crippen molar-refractivity contribution in [2.75, 3.05) is 0 Å². The maximum Gasteiger partial charge on any atom is 0.142 e. The normalized spacial score (nSPS) is 9.85. The zero-order valence-electron chi connectivity index (χ0n) is 6.70. The molecule has 0 aliphatic rings. The molecule has 0 heterocycles. The SMILES string of the molecule is N#Cc1ccc(Cl)cc1C=CC=O. The van der Waals surface area contributed by atoms with Crippen molar-refractivity contribution in [2.45, 2.75) is 0 Å². The Balaban J connectivity index is 3.17. The second kappa shape index (κ2) is 4.44. The molecule has 0 N–H and O–H groups in total. The molecular formula is C10H6ClNO. The molecule has 0 fully saturated rings. The highest BCUT2D eigenvalue weighted by molar-refractivity contribution is 6.30. The number of nitrogens with zero attached hydrogens (tertiary/aromatic N) is 1. The fourth-order valence-corrected chi connectivity index (χ4v) is 1.10. The standard InChI is InChI=1S/C10H6ClNO/c11-10-4-3-9(7-12)8(6-10)2-1-5-13/h1-6H. The van der Waals surface area contributed by atoms with Crippen LogP contribution in [0.3, 0.4) is 0 Å². The molecule has 1 aromatic carbocycles. The van der Waals surface area contributed by atoms with Crippen LogP contribution in [-0.2, 0) is 4.79 Å². The summed E-state index contributed by atoms with van der Waals surface area (Å²) < 4.78 is 0. The number of nitriles is 1. The lowest BCUT2D eigenvalue weighted by Crippen LogP contribution is -1.81. The Bertz CT molecular complexity index is 390. The van der Waals surface area contributed by atoms with Crippen LogP contribution in [0.25, 0.3) is 6.08 Å². The Morgan fingerprint density at radius 2 is 2.23 bits per heavy atom. The summed E-state index contributed by atoms with van der Waals surface area (Å²) in [6, 6.07) is 6.90. The van der Waals surface area contributed by atoms with Gasteiger partial charge in [0.2, 0.25) is 0 Å². The van der Waals surface area contributed by atoms with E-state index in [9.17, 15) is 4.79 Å². The third-order valence-corrected chi connectivity index (χ3v) is 1.72. The average molecular weight is 192 g/mol. The van der Waals surface area contributed by atoms with Gasteiger partial charge in [0.15, 0.2) is 0 Å². The summed E-state index contributed by atoms with van der Waals surface area (Å²) in [5, 5.41) is 9.24. The van der Waals surface area contributed by atoms with E-state index in [-0.39, 0.29) is 0 Å². The summed E-state index contributed by atoms with van der Waals surface area (Å²) in [5.74, 6) is 0. The lowest BCUT2D eigenvalue weighted by atomic mass is 10.1. The number of halogens is 1. The van der Waals surface area contributed by atoms with Gasteiger partial charge in [-0.05, 0) is 29.8 Å². The van der Waals surface area contributed by atoms with Gasteiger partial charge in [0, 0.05) is 5.02 Å². The maximum absolute atomic E-state index is 10.1. The van der Waals surface area contributed by atoms with E-state index in [1.165, 1.54) is 6.08 Å². The van der Waals surface area contributed by atoms with E-state index in [2.05, 4.69) is 0 Å². The van der Waals surface area contributed by atoms with E-state index in [1.54, 1.807) is 24.3 Å². The minimum atomic E-state index is 0.502. The topological polar surface area (TPSA) is 40.9 Å². The van der Waals surface area contributed by atoms with Crippen LogP contribution in [0.2, 0.25) is 5.02 Å². The van der Waals surface area contributed by atoms with Gasteiger partial charge < -0.3 is 0 Å². The minimum Gasteiger partial charge on any atom is -0.299 e. The molecule has 2 nitrogen and oxygen atoms in total. The number of rotatable bonds is 2. The quantitative estimate of drug-likeness (QED) is 0.532. The van der Waals surface area contributed by atoms with E-state index < -0.39 is 0 Å². The molecule has 0 atom stereocenters. The Morgan fingerprint density at radius 3 is 2.85 bits per heavy atom. The number of carbonyl (C=O) groups is 1. The van der Waals surface area contributed by atoms with E-state index in [4.69, 9.17) is 16.9 Å². The van der Waals surface area contributed by atoms with Gasteiger partial charge in [-0.2, -0.15) is 5.26 Å². The molecule has 0 spiro atoms. The fraction of sp³-hybridized carbons (Fsp3) is 0. The van der Waals surface area contributed by atoms with Gasteiger partial charge in [-0.15, -0.1) is 0 Å². The van der Waals surface area contributed by atoms with E-state index in [0.29, 0.717) is 22.4 Å². The van der Waals surface area contributed by atoms with Gasteiger partial charge in [0.05, 0.1) is 11.6 Å². The van der Waals surface area contributed by atoms with Crippen molar-refractivity contribution in [3.63, 3.8) is 0 Å². The zero-order valence-corrected chi connectivity index (χ0v) is 7.45. The van der Waals surface area contributed by atoms with Crippen LogP contribution in [0.4, 0.5) is 0 Å². The highest BCUT2D eigenvalue weighted by Gasteiger charge is 1.98. The molecule has 3 heteroatoms. The number of hydrogen-bond acceptors (Lipinski definition) is 2. The minimum absolute atomic E-state index is 0.502. The van der Waals surface area contributed by atoms with E-state index in [0.717, 1.165) is 0 Å². The molecule has 0 bridgehead atoms. The smallest absolute Gasteiger partial charge is 0.142 e. The van der Waals surface area contributed by atoms with Gasteiger partial charge in [0.25, 0.3) is 0 Å². The predicted molar refractivity (Wildman–Crippen MR) is 51.3 cm³/mol. The van der Waals surface area contributed by atoms with Crippen molar-refractivity contribution in [2.24, 2.45) is 0 Å². The van der Waals surface area contributed by atoms with Gasteiger partial charge in [-0.25, -0.2) is 0 Å². The molecule has 0 aromatic heterocycles. The lowest BCUT2D eigenvalue weighted by molar-refractivity contribution is -0.104. The van der Waals surface area contributed by atoms with Crippen molar-refractivity contribution >= 4 is 24.0 Å². The molecule has 0 aliphatic heterocycles. The Kier molecular flexibility index (Phi) is 3.24. The number of aldehydes is 1. The number of hydrogen-bond donors (Lipinski definition) is 0. The lowest BCUT2D eigenvalue weighted by Gasteiger charge is -1.96. The number of carbonyl (C=O) groups excluding carboxylic acids is 1. The van der Waals surface area contributed by atoms with Crippen LogP contribution < -0.4 is 0 Å². The van der Waals surface area contributed by atoms with Gasteiger partial charge >= 0.3 is 0 Å². The summed E-state index contributed by atoms with van der Waals surface area (Å²) in [6.07, 6.45) is 3.53. The fourth-order valence-electron chi connectivity index (χ4n) is 0.916. The van der Waals surface area contributed by atoms with Crippen molar-refractivity contribution in [1.82, 2.24) is 0 Å². The summed E-state index contributed by atoms with van der Waals surface area (Å²) in [4.78, 5) is 10.1. The third kappa shape index (κ3) is 2.43. The van der Waals surface area contributed by atoms with Crippen LogP contribution in [0.1, 0.15) is 11.1 Å². The maximum atomic E-state index is 10.1. The molecule has 0 radical (unpaired) electrons. The van der Waals surface area contributed by atoms with Crippen molar-refractivity contribution in [3.05, 3.63) is 40.4 Å². The van der Waals surface area contributed by atoms with Crippen LogP contribution in [0, 0.1) is 11.3 Å². The molecule has 1 aromatic rings. The predicted octanol–water partition coefficient (Wildman–Crippen LogP) is 2.42. The molecule has 0 saturated carbocycles. The molecule has 13 heavy (non-hydrogen) atoms. The Labute approximate surface area is 81.1 Å². The number of benzene rings is 1. The summed E-state index contributed by atoms with van der Waals surface area (Å²) >= 11 is 5.72. The molecule has 1 rings (SSSR count). The van der Waals surface area contributed by atoms with Gasteiger partial charge in [0.1, 0.15) is 6.29 Å². The van der Waals surface area contributed by atoms with Crippen LogP contribution in [-0.4, -0.2) is 6.29 Å². The summed E-state index contributed by atoms with van der Waals surface area (Å²) in [5.41, 5.74) is 1.16. The first kappa shape index (κ1) is 9.50.